The van der Waals surface area contributed by atoms with E-state index in [1.807, 2.05) is 0 Å². The molecule has 0 amide bonds. The fraction of sp³-hybridized carbons (Fsp3) is 0.462. The molecule has 0 aromatic heterocycles. The first-order chi connectivity index (χ1) is 8.75. The van der Waals surface area contributed by atoms with Crippen molar-refractivity contribution in [3.05, 3.63) is 29.1 Å². The highest BCUT2D eigenvalue weighted by Crippen LogP contribution is 2.47. The molecule has 1 aromatic rings. The number of halogens is 1. The average molecular weight is 249 g/mol. The molecular weight excluding hydrogens is 237 g/mol. The number of aliphatic imine (C=N–C) groups is 1. The maximum atomic E-state index is 14.1. The Morgan fingerprint density at radius 2 is 2.22 bits per heavy atom. The third-order valence-corrected chi connectivity index (χ3v) is 3.65. The smallest absolute Gasteiger partial charge is 0.235 e. The van der Waals surface area contributed by atoms with Gasteiger partial charge in [0, 0.05) is 11.1 Å². The molecule has 1 heterocycles. The van der Waals surface area contributed by atoms with Gasteiger partial charge in [-0.2, -0.15) is 4.99 Å². The molecule has 18 heavy (non-hydrogen) atoms. The van der Waals surface area contributed by atoms with Gasteiger partial charge in [0.15, 0.2) is 6.79 Å². The van der Waals surface area contributed by atoms with Crippen LogP contribution in [0.4, 0.5) is 4.39 Å². The third kappa shape index (κ3) is 1.64. The van der Waals surface area contributed by atoms with Crippen molar-refractivity contribution in [2.24, 2.45) is 4.99 Å². The Labute approximate surface area is 103 Å². The van der Waals surface area contributed by atoms with E-state index in [1.54, 1.807) is 12.1 Å². The lowest BCUT2D eigenvalue weighted by atomic mass is 9.72. The fourth-order valence-electron chi connectivity index (χ4n) is 2.50. The Morgan fingerprint density at radius 3 is 2.89 bits per heavy atom. The van der Waals surface area contributed by atoms with Crippen LogP contribution in [0.5, 0.6) is 5.75 Å². The first-order valence-corrected chi connectivity index (χ1v) is 5.88. The van der Waals surface area contributed by atoms with Gasteiger partial charge in [0.2, 0.25) is 6.08 Å². The lowest BCUT2D eigenvalue weighted by Crippen LogP contribution is -2.33. The normalized spacial score (nSPS) is 20.1. The predicted octanol–water partition coefficient (Wildman–Crippen LogP) is 2.41. The summed E-state index contributed by atoms with van der Waals surface area (Å²) in [5.74, 6) is 0.256. The topological polar surface area (TPSA) is 47.9 Å². The minimum absolute atomic E-state index is 0.169. The van der Waals surface area contributed by atoms with Gasteiger partial charge in [-0.1, -0.05) is 0 Å². The van der Waals surface area contributed by atoms with Crippen LogP contribution in [-0.2, 0) is 21.7 Å². The van der Waals surface area contributed by atoms with E-state index in [2.05, 4.69) is 4.99 Å². The van der Waals surface area contributed by atoms with Crippen LogP contribution in [0.3, 0.4) is 0 Å². The van der Waals surface area contributed by atoms with Crippen molar-refractivity contribution in [2.45, 2.75) is 31.4 Å². The zero-order chi connectivity index (χ0) is 12.6. The largest absolute Gasteiger partial charge is 0.467 e. The zero-order valence-electron chi connectivity index (χ0n) is 9.74. The summed E-state index contributed by atoms with van der Waals surface area (Å²) >= 11 is 0. The Morgan fingerprint density at radius 1 is 1.39 bits per heavy atom. The second-order valence-electron chi connectivity index (χ2n) is 4.64. The molecule has 0 spiro atoms. The van der Waals surface area contributed by atoms with Gasteiger partial charge in [-0.25, -0.2) is 9.18 Å². The zero-order valence-corrected chi connectivity index (χ0v) is 9.74. The van der Waals surface area contributed by atoms with E-state index in [4.69, 9.17) is 9.47 Å². The number of rotatable bonds is 2. The van der Waals surface area contributed by atoms with E-state index in [-0.39, 0.29) is 12.6 Å². The van der Waals surface area contributed by atoms with Crippen LogP contribution < -0.4 is 4.74 Å². The summed E-state index contributed by atoms with van der Waals surface area (Å²) in [7, 11) is 0. The molecule has 5 heteroatoms. The van der Waals surface area contributed by atoms with Crippen molar-refractivity contribution in [1.29, 1.82) is 0 Å². The van der Waals surface area contributed by atoms with E-state index in [0.29, 0.717) is 36.3 Å². The molecule has 1 fully saturated rings. The van der Waals surface area contributed by atoms with Crippen LogP contribution in [0.25, 0.3) is 0 Å². The summed E-state index contributed by atoms with van der Waals surface area (Å²) in [5, 5.41) is 0. The molecule has 1 saturated carbocycles. The van der Waals surface area contributed by atoms with Crippen molar-refractivity contribution >= 4 is 6.08 Å². The number of ether oxygens (including phenoxy) is 2. The summed E-state index contributed by atoms with van der Waals surface area (Å²) < 4.78 is 24.5. The summed E-state index contributed by atoms with van der Waals surface area (Å²) in [4.78, 5) is 14.3. The Bertz CT molecular complexity index is 533. The minimum Gasteiger partial charge on any atom is -0.467 e. The van der Waals surface area contributed by atoms with Gasteiger partial charge >= 0.3 is 0 Å². The second kappa shape index (κ2) is 4.19. The molecule has 0 bridgehead atoms. The van der Waals surface area contributed by atoms with Crippen LogP contribution in [0.2, 0.25) is 0 Å². The molecular formula is C13H12FNO3. The summed E-state index contributed by atoms with van der Waals surface area (Å²) in [6, 6.07) is 3.05. The summed E-state index contributed by atoms with van der Waals surface area (Å²) in [6.45, 7) is 0.512. The molecule has 3 rings (SSSR count). The number of hydrogen-bond donors (Lipinski definition) is 0. The molecule has 0 unspecified atom stereocenters. The monoisotopic (exact) mass is 249 g/mol. The summed E-state index contributed by atoms with van der Waals surface area (Å²) in [5.41, 5.74) is 0.382. The van der Waals surface area contributed by atoms with Crippen LogP contribution in [0, 0.1) is 5.82 Å². The number of nitrogens with zero attached hydrogens (tertiary/aromatic N) is 1. The number of benzene rings is 1. The van der Waals surface area contributed by atoms with Gasteiger partial charge in [0.05, 0.1) is 6.61 Å². The molecule has 4 nitrogen and oxygen atoms in total. The molecule has 1 aromatic carbocycles. The summed E-state index contributed by atoms with van der Waals surface area (Å²) in [6.07, 6.45) is 3.85. The quantitative estimate of drug-likeness (QED) is 0.597. The van der Waals surface area contributed by atoms with Crippen LogP contribution in [0.1, 0.15) is 30.4 Å². The predicted molar refractivity (Wildman–Crippen MR) is 60.3 cm³/mol. The van der Waals surface area contributed by atoms with E-state index < -0.39 is 5.54 Å². The van der Waals surface area contributed by atoms with Crippen molar-refractivity contribution < 1.29 is 18.7 Å². The highest BCUT2D eigenvalue weighted by molar-refractivity contribution is 5.45. The van der Waals surface area contributed by atoms with Gasteiger partial charge in [0.25, 0.3) is 0 Å². The molecule has 1 aliphatic heterocycles. The van der Waals surface area contributed by atoms with Gasteiger partial charge in [0.1, 0.15) is 17.1 Å². The van der Waals surface area contributed by atoms with E-state index in [9.17, 15) is 9.18 Å². The Kier molecular flexibility index (Phi) is 2.65. The molecule has 0 atom stereocenters. The maximum Gasteiger partial charge on any atom is 0.235 e. The van der Waals surface area contributed by atoms with Crippen molar-refractivity contribution in [3.63, 3.8) is 0 Å². The molecule has 94 valence electrons. The van der Waals surface area contributed by atoms with Gasteiger partial charge < -0.3 is 9.47 Å². The van der Waals surface area contributed by atoms with Crippen LogP contribution in [0.15, 0.2) is 17.1 Å². The van der Waals surface area contributed by atoms with Crippen molar-refractivity contribution in [1.82, 2.24) is 0 Å². The number of fused-ring (bicyclic) bond motifs is 1. The molecule has 0 N–H and O–H groups in total. The maximum absolute atomic E-state index is 14.1. The first kappa shape index (κ1) is 11.4. The van der Waals surface area contributed by atoms with E-state index >= 15 is 0 Å². The van der Waals surface area contributed by atoms with Gasteiger partial charge in [-0.05, 0) is 31.4 Å². The molecule has 0 radical (unpaired) electrons. The van der Waals surface area contributed by atoms with Crippen LogP contribution in [-0.4, -0.2) is 12.9 Å². The Balaban J connectivity index is 2.09. The first-order valence-electron chi connectivity index (χ1n) is 5.88. The lowest BCUT2D eigenvalue weighted by Gasteiger charge is -2.37. The Hall–Kier alpha value is -1.71. The molecule has 2 aliphatic rings. The lowest BCUT2D eigenvalue weighted by molar-refractivity contribution is -0.0168. The standard InChI is InChI=1S/C13H12FNO3/c14-11-4-9-6-17-8-18-12(9)5-10(11)13(15-7-16)2-1-3-13/h4-5H,1-3,6,8H2. The van der Waals surface area contributed by atoms with Crippen molar-refractivity contribution in [3.8, 4) is 5.75 Å². The average Bonchev–Trinajstić information content (AvgIpc) is 2.33. The SMILES string of the molecule is O=C=NC1(c2cc3c(cc2F)COCO3)CCC1. The third-order valence-electron chi connectivity index (χ3n) is 3.65. The van der Waals surface area contributed by atoms with Crippen molar-refractivity contribution in [2.75, 3.05) is 6.79 Å². The fourth-order valence-corrected chi connectivity index (χ4v) is 2.50. The van der Waals surface area contributed by atoms with Crippen LogP contribution >= 0.6 is 0 Å². The highest BCUT2D eigenvalue weighted by Gasteiger charge is 2.41. The van der Waals surface area contributed by atoms with E-state index in [1.165, 1.54) is 6.07 Å². The highest BCUT2D eigenvalue weighted by atomic mass is 19.1. The number of isocyanates is 1. The minimum atomic E-state index is -0.734. The van der Waals surface area contributed by atoms with E-state index in [0.717, 1.165) is 6.42 Å². The number of hydrogen-bond acceptors (Lipinski definition) is 4. The van der Waals surface area contributed by atoms with Gasteiger partial charge in [-0.15, -0.1) is 0 Å². The second-order valence-corrected chi connectivity index (χ2v) is 4.64. The number of carbonyl (C=O) groups excluding carboxylic acids is 1. The molecule has 1 aliphatic carbocycles. The van der Waals surface area contributed by atoms with Gasteiger partial charge in [-0.3, -0.25) is 0 Å². The molecule has 0 saturated heterocycles.